The molecule has 3 rings (SSSR count). The number of aromatic nitrogens is 3. The van der Waals surface area contributed by atoms with Gasteiger partial charge in [0.1, 0.15) is 17.9 Å². The number of halogens is 2. The van der Waals surface area contributed by atoms with Crippen molar-refractivity contribution in [3.05, 3.63) is 59.1 Å². The van der Waals surface area contributed by atoms with Crippen LogP contribution < -0.4 is 10.1 Å². The number of hydrogen-bond acceptors (Lipinski definition) is 6. The minimum Gasteiger partial charge on any atom is -0.496 e. The van der Waals surface area contributed by atoms with Crippen LogP contribution in [0.3, 0.4) is 0 Å². The fraction of sp³-hybridized carbons (Fsp3) is 0.167. The van der Waals surface area contributed by atoms with Crippen molar-refractivity contribution in [2.75, 3.05) is 18.7 Å². The van der Waals surface area contributed by atoms with Crippen LogP contribution in [0.4, 0.5) is 16.0 Å². The van der Waals surface area contributed by atoms with Crippen LogP contribution in [0.5, 0.6) is 5.75 Å². The molecule has 1 heterocycles. The van der Waals surface area contributed by atoms with E-state index in [1.54, 1.807) is 17.8 Å². The lowest BCUT2D eigenvalue weighted by Gasteiger charge is -2.10. The molecule has 0 spiro atoms. The van der Waals surface area contributed by atoms with Gasteiger partial charge < -0.3 is 10.1 Å². The van der Waals surface area contributed by atoms with E-state index >= 15 is 0 Å². The first-order valence-corrected chi connectivity index (χ1v) is 9.45. The first kappa shape index (κ1) is 18.4. The van der Waals surface area contributed by atoms with Gasteiger partial charge in [0.05, 0.1) is 12.7 Å². The van der Waals surface area contributed by atoms with Crippen molar-refractivity contribution in [2.45, 2.75) is 5.75 Å². The van der Waals surface area contributed by atoms with Crippen molar-refractivity contribution in [1.82, 2.24) is 15.0 Å². The lowest BCUT2D eigenvalue weighted by atomic mass is 10.2. The zero-order chi connectivity index (χ0) is 18.5. The molecule has 8 heteroatoms. The molecule has 0 amide bonds. The quantitative estimate of drug-likeness (QED) is 0.642. The molecule has 0 unspecified atom stereocenters. The van der Waals surface area contributed by atoms with Crippen molar-refractivity contribution >= 4 is 35.0 Å². The van der Waals surface area contributed by atoms with Gasteiger partial charge in [-0.05, 0) is 42.2 Å². The van der Waals surface area contributed by atoms with Crippen LogP contribution in [0.15, 0.2) is 42.7 Å². The Hall–Kier alpha value is -2.38. The van der Waals surface area contributed by atoms with Gasteiger partial charge in [0, 0.05) is 22.5 Å². The molecule has 0 aliphatic carbocycles. The topological polar surface area (TPSA) is 59.9 Å². The SMILES string of the molecule is COc1cc(F)ccc1-c1ncnc(Nc2ccc(Cl)c(CSC)c2)n1. The third kappa shape index (κ3) is 4.23. The molecule has 1 N–H and O–H groups in total. The molecule has 0 saturated heterocycles. The van der Waals surface area contributed by atoms with E-state index in [1.165, 1.54) is 25.6 Å². The van der Waals surface area contributed by atoms with Crippen molar-refractivity contribution in [2.24, 2.45) is 0 Å². The van der Waals surface area contributed by atoms with E-state index in [9.17, 15) is 4.39 Å². The van der Waals surface area contributed by atoms with E-state index in [0.29, 0.717) is 23.1 Å². The molecule has 5 nitrogen and oxygen atoms in total. The smallest absolute Gasteiger partial charge is 0.230 e. The highest BCUT2D eigenvalue weighted by molar-refractivity contribution is 7.97. The number of nitrogens with one attached hydrogen (secondary N) is 1. The van der Waals surface area contributed by atoms with Gasteiger partial charge in [-0.15, -0.1) is 0 Å². The molecule has 0 saturated carbocycles. The molecule has 0 aliphatic rings. The Morgan fingerprint density at radius 3 is 2.81 bits per heavy atom. The number of thioether (sulfide) groups is 1. The lowest BCUT2D eigenvalue weighted by molar-refractivity contribution is 0.412. The molecule has 0 fully saturated rings. The van der Waals surface area contributed by atoms with Crippen molar-refractivity contribution in [3.8, 4) is 17.1 Å². The number of nitrogens with zero attached hydrogens (tertiary/aromatic N) is 3. The molecule has 1 aromatic heterocycles. The van der Waals surface area contributed by atoms with E-state index in [0.717, 1.165) is 22.0 Å². The van der Waals surface area contributed by atoms with Crippen LogP contribution in [-0.4, -0.2) is 28.3 Å². The van der Waals surface area contributed by atoms with E-state index in [4.69, 9.17) is 16.3 Å². The Kier molecular flexibility index (Phi) is 5.90. The first-order chi connectivity index (χ1) is 12.6. The summed E-state index contributed by atoms with van der Waals surface area (Å²) in [6.07, 6.45) is 3.41. The summed E-state index contributed by atoms with van der Waals surface area (Å²) >= 11 is 7.89. The van der Waals surface area contributed by atoms with Gasteiger partial charge in [0.25, 0.3) is 0 Å². The highest BCUT2D eigenvalue weighted by Crippen LogP contribution is 2.29. The van der Waals surface area contributed by atoms with E-state index in [2.05, 4.69) is 20.3 Å². The zero-order valence-corrected chi connectivity index (χ0v) is 15.7. The second kappa shape index (κ2) is 8.33. The Balaban J connectivity index is 1.90. The molecule has 0 bridgehead atoms. The van der Waals surface area contributed by atoms with Crippen molar-refractivity contribution < 1.29 is 9.13 Å². The number of rotatable bonds is 6. The van der Waals surface area contributed by atoms with Gasteiger partial charge in [-0.1, -0.05) is 11.6 Å². The van der Waals surface area contributed by atoms with Gasteiger partial charge in [-0.3, -0.25) is 0 Å². The maximum absolute atomic E-state index is 13.4. The van der Waals surface area contributed by atoms with Crippen molar-refractivity contribution in [3.63, 3.8) is 0 Å². The summed E-state index contributed by atoms with van der Waals surface area (Å²) in [5.41, 5.74) is 2.43. The summed E-state index contributed by atoms with van der Waals surface area (Å²) in [7, 11) is 1.47. The Labute approximate surface area is 160 Å². The highest BCUT2D eigenvalue weighted by Gasteiger charge is 2.11. The van der Waals surface area contributed by atoms with Crippen molar-refractivity contribution in [1.29, 1.82) is 0 Å². The number of ether oxygens (including phenoxy) is 1. The third-order valence-electron chi connectivity index (χ3n) is 3.58. The van der Waals surface area contributed by atoms with Crippen LogP contribution >= 0.6 is 23.4 Å². The van der Waals surface area contributed by atoms with Gasteiger partial charge in [0.15, 0.2) is 5.82 Å². The minimum absolute atomic E-state index is 0.357. The maximum atomic E-state index is 13.4. The fourth-order valence-electron chi connectivity index (χ4n) is 2.38. The number of methoxy groups -OCH3 is 1. The van der Waals surface area contributed by atoms with Gasteiger partial charge in [0.2, 0.25) is 5.95 Å². The molecule has 3 aromatic rings. The second-order valence-corrected chi connectivity index (χ2v) is 6.61. The summed E-state index contributed by atoms with van der Waals surface area (Å²) < 4.78 is 18.6. The summed E-state index contributed by atoms with van der Waals surface area (Å²) in [6.45, 7) is 0. The van der Waals surface area contributed by atoms with Crippen LogP contribution in [0, 0.1) is 5.82 Å². The Bertz CT molecular complexity index is 925. The minimum atomic E-state index is -0.388. The molecule has 2 aromatic carbocycles. The lowest BCUT2D eigenvalue weighted by Crippen LogP contribution is -2.01. The van der Waals surface area contributed by atoms with E-state index < -0.39 is 0 Å². The number of hydrogen-bond donors (Lipinski definition) is 1. The second-order valence-electron chi connectivity index (χ2n) is 5.34. The van der Waals surface area contributed by atoms with Crippen LogP contribution in [0.25, 0.3) is 11.4 Å². The largest absolute Gasteiger partial charge is 0.496 e. The number of benzene rings is 2. The highest BCUT2D eigenvalue weighted by atomic mass is 35.5. The Morgan fingerprint density at radius 2 is 2.04 bits per heavy atom. The van der Waals surface area contributed by atoms with Crippen LogP contribution in [-0.2, 0) is 5.75 Å². The molecular formula is C18H16ClFN4OS. The summed E-state index contributed by atoms with van der Waals surface area (Å²) in [4.78, 5) is 12.7. The average Bonchev–Trinajstić information content (AvgIpc) is 2.65. The summed E-state index contributed by atoms with van der Waals surface area (Å²) in [5, 5.41) is 3.86. The zero-order valence-electron chi connectivity index (χ0n) is 14.2. The van der Waals surface area contributed by atoms with Gasteiger partial charge >= 0.3 is 0 Å². The molecule has 26 heavy (non-hydrogen) atoms. The summed E-state index contributed by atoms with van der Waals surface area (Å²) in [5.74, 6) is 1.54. The van der Waals surface area contributed by atoms with E-state index in [1.807, 2.05) is 24.5 Å². The van der Waals surface area contributed by atoms with Crippen LogP contribution in [0.2, 0.25) is 5.02 Å². The predicted molar refractivity (Wildman–Crippen MR) is 104 cm³/mol. The normalized spacial score (nSPS) is 10.6. The predicted octanol–water partition coefficient (Wildman–Crippen LogP) is 4.95. The van der Waals surface area contributed by atoms with Crippen LogP contribution in [0.1, 0.15) is 5.56 Å². The summed E-state index contributed by atoms with van der Waals surface area (Å²) in [6, 6.07) is 9.85. The molecule has 0 radical (unpaired) electrons. The maximum Gasteiger partial charge on any atom is 0.230 e. The number of anilines is 2. The standard InChI is InChI=1S/C18H16ClFN4OS/c1-25-16-8-12(20)3-5-14(16)17-21-10-22-18(24-17)23-13-4-6-15(19)11(7-13)9-26-2/h3-8,10H,9H2,1-2H3,(H,21,22,23,24). The molecule has 0 atom stereocenters. The first-order valence-electron chi connectivity index (χ1n) is 7.68. The Morgan fingerprint density at radius 1 is 1.19 bits per heavy atom. The molecule has 0 aliphatic heterocycles. The molecular weight excluding hydrogens is 375 g/mol. The molecule has 134 valence electrons. The van der Waals surface area contributed by atoms with Gasteiger partial charge in [-0.25, -0.2) is 14.4 Å². The van der Waals surface area contributed by atoms with Gasteiger partial charge in [-0.2, -0.15) is 16.7 Å². The average molecular weight is 391 g/mol. The monoisotopic (exact) mass is 390 g/mol. The fourth-order valence-corrected chi connectivity index (χ4v) is 3.20. The third-order valence-corrected chi connectivity index (χ3v) is 4.55. The van der Waals surface area contributed by atoms with E-state index in [-0.39, 0.29) is 5.82 Å².